The Balaban J connectivity index is 2.08. The lowest BCUT2D eigenvalue weighted by molar-refractivity contribution is 1.77. The summed E-state index contributed by atoms with van der Waals surface area (Å²) in [5.41, 5.74) is 0. The van der Waals surface area contributed by atoms with Crippen LogP contribution < -0.4 is 0 Å². The average molecular weight is 359 g/mol. The van der Waals surface area contributed by atoms with Crippen LogP contribution in [0.25, 0.3) is 31.3 Å². The molecule has 2 aromatic heterocycles. The van der Waals surface area contributed by atoms with Crippen LogP contribution in [0.5, 0.6) is 0 Å². The van der Waals surface area contributed by atoms with Crippen molar-refractivity contribution in [3.05, 3.63) is 48.5 Å². The summed E-state index contributed by atoms with van der Waals surface area (Å²) in [4.78, 5) is 2.84. The van der Waals surface area contributed by atoms with Crippen LogP contribution in [0, 0.1) is 0 Å². The third kappa shape index (κ3) is 2.21. The van der Waals surface area contributed by atoms with E-state index in [1.807, 2.05) is 46.2 Å². The molecule has 0 aliphatic rings. The number of hydrogen-bond acceptors (Lipinski definition) is 4. The summed E-state index contributed by atoms with van der Waals surface area (Å²) in [6.07, 6.45) is 4.34. The summed E-state index contributed by atoms with van der Waals surface area (Å²) < 4.78 is 2.82. The first-order valence-electron chi connectivity index (χ1n) is 6.95. The minimum atomic E-state index is 1.39. The molecule has 0 aliphatic carbocycles. The van der Waals surface area contributed by atoms with E-state index in [1.165, 1.54) is 39.7 Å². The van der Waals surface area contributed by atoms with E-state index < -0.39 is 0 Å². The Hall–Kier alpha value is -0.940. The Kier molecular flexibility index (Phi) is 3.95. The first kappa shape index (κ1) is 14.6. The standard InChI is InChI=1S/C18H14S4/c1-19-17-13-9-5-3-7-11(13)15(21-17)16-12-8-4-6-10-14(12)18(20-2)22-16/h3-10H,1-2H3. The highest BCUT2D eigenvalue weighted by molar-refractivity contribution is 8.01. The Morgan fingerprint density at radius 1 is 0.591 bits per heavy atom. The fourth-order valence-corrected chi connectivity index (χ4v) is 6.90. The van der Waals surface area contributed by atoms with E-state index in [2.05, 4.69) is 61.0 Å². The highest BCUT2D eigenvalue weighted by Gasteiger charge is 2.17. The maximum atomic E-state index is 2.26. The smallest absolute Gasteiger partial charge is 0.0681 e. The molecule has 110 valence electrons. The molecule has 0 saturated heterocycles. The predicted octanol–water partition coefficient (Wildman–Crippen LogP) is 7.23. The van der Waals surface area contributed by atoms with Gasteiger partial charge in [-0.25, -0.2) is 0 Å². The van der Waals surface area contributed by atoms with Gasteiger partial charge in [-0.2, -0.15) is 0 Å². The van der Waals surface area contributed by atoms with E-state index in [0.717, 1.165) is 0 Å². The van der Waals surface area contributed by atoms with Gasteiger partial charge in [0.05, 0.1) is 18.2 Å². The molecule has 0 saturated carbocycles. The summed E-state index contributed by atoms with van der Waals surface area (Å²) in [5.74, 6) is 0. The molecule has 0 fully saturated rings. The largest absolute Gasteiger partial charge is 0.127 e. The maximum Gasteiger partial charge on any atom is 0.0681 e. The molecule has 22 heavy (non-hydrogen) atoms. The molecule has 0 amide bonds. The Bertz CT molecular complexity index is 882. The quantitative estimate of drug-likeness (QED) is 0.354. The van der Waals surface area contributed by atoms with Crippen molar-refractivity contribution >= 4 is 67.7 Å². The second-order valence-corrected chi connectivity index (χ2v) is 9.13. The summed E-state index contributed by atoms with van der Waals surface area (Å²) in [6, 6.07) is 17.6. The monoisotopic (exact) mass is 358 g/mol. The van der Waals surface area contributed by atoms with E-state index in [4.69, 9.17) is 0 Å². The second kappa shape index (κ2) is 5.93. The summed E-state index contributed by atoms with van der Waals surface area (Å²) in [5, 5.41) is 5.55. The van der Waals surface area contributed by atoms with Crippen molar-refractivity contribution in [1.82, 2.24) is 0 Å². The van der Waals surface area contributed by atoms with Gasteiger partial charge in [-0.1, -0.05) is 48.5 Å². The van der Waals surface area contributed by atoms with Gasteiger partial charge in [0.15, 0.2) is 0 Å². The molecule has 0 radical (unpaired) electrons. The first-order valence-corrected chi connectivity index (χ1v) is 11.0. The number of fused-ring (bicyclic) bond motifs is 2. The van der Waals surface area contributed by atoms with Gasteiger partial charge >= 0.3 is 0 Å². The van der Waals surface area contributed by atoms with Crippen molar-refractivity contribution in [2.45, 2.75) is 8.42 Å². The van der Waals surface area contributed by atoms with E-state index in [-0.39, 0.29) is 0 Å². The highest BCUT2D eigenvalue weighted by Crippen LogP contribution is 2.49. The predicted molar refractivity (Wildman–Crippen MR) is 106 cm³/mol. The Morgan fingerprint density at radius 3 is 1.32 bits per heavy atom. The van der Waals surface area contributed by atoms with Crippen LogP contribution in [0.15, 0.2) is 56.9 Å². The average Bonchev–Trinajstić information content (AvgIpc) is 3.13. The third-order valence-corrected chi connectivity index (χ3v) is 8.63. The fourth-order valence-electron chi connectivity index (χ4n) is 2.76. The normalized spacial score (nSPS) is 11.5. The van der Waals surface area contributed by atoms with Crippen LogP contribution in [0.2, 0.25) is 0 Å². The van der Waals surface area contributed by atoms with Gasteiger partial charge in [0.2, 0.25) is 0 Å². The minimum Gasteiger partial charge on any atom is -0.127 e. The molecule has 2 heterocycles. The zero-order valence-electron chi connectivity index (χ0n) is 12.3. The number of thioether (sulfide) groups is 2. The number of benzene rings is 2. The van der Waals surface area contributed by atoms with Crippen LogP contribution >= 0.6 is 46.2 Å². The lowest BCUT2D eigenvalue weighted by Gasteiger charge is -1.97. The Morgan fingerprint density at radius 2 is 0.955 bits per heavy atom. The van der Waals surface area contributed by atoms with Gasteiger partial charge in [-0.05, 0) is 12.5 Å². The minimum absolute atomic E-state index is 1.39. The zero-order valence-corrected chi connectivity index (χ0v) is 15.5. The molecule has 0 unspecified atom stereocenters. The van der Waals surface area contributed by atoms with Crippen molar-refractivity contribution in [3.63, 3.8) is 0 Å². The van der Waals surface area contributed by atoms with Crippen molar-refractivity contribution in [1.29, 1.82) is 0 Å². The number of hydrogen-bond donors (Lipinski definition) is 0. The third-order valence-electron chi connectivity index (χ3n) is 3.75. The van der Waals surface area contributed by atoms with E-state index in [0.29, 0.717) is 0 Å². The summed E-state index contributed by atoms with van der Waals surface area (Å²) >= 11 is 7.56. The van der Waals surface area contributed by atoms with Gasteiger partial charge in [-0.3, -0.25) is 0 Å². The van der Waals surface area contributed by atoms with Crippen LogP contribution in [0.3, 0.4) is 0 Å². The molecular weight excluding hydrogens is 344 g/mol. The van der Waals surface area contributed by atoms with Crippen molar-refractivity contribution in [2.24, 2.45) is 0 Å². The fraction of sp³-hybridized carbons (Fsp3) is 0.111. The lowest BCUT2D eigenvalue weighted by atomic mass is 10.1. The molecule has 0 spiro atoms. The summed E-state index contributed by atoms with van der Waals surface area (Å²) in [6.45, 7) is 0. The van der Waals surface area contributed by atoms with Crippen LogP contribution in [-0.4, -0.2) is 12.5 Å². The van der Waals surface area contributed by atoms with Gasteiger partial charge in [0.1, 0.15) is 0 Å². The van der Waals surface area contributed by atoms with Crippen molar-refractivity contribution < 1.29 is 0 Å². The molecule has 4 aromatic rings. The van der Waals surface area contributed by atoms with Crippen molar-refractivity contribution in [2.75, 3.05) is 12.5 Å². The van der Waals surface area contributed by atoms with Crippen LogP contribution in [0.4, 0.5) is 0 Å². The van der Waals surface area contributed by atoms with E-state index in [1.54, 1.807) is 0 Å². The molecule has 0 bridgehead atoms. The van der Waals surface area contributed by atoms with E-state index >= 15 is 0 Å². The van der Waals surface area contributed by atoms with Gasteiger partial charge < -0.3 is 0 Å². The zero-order chi connectivity index (χ0) is 15.1. The molecule has 0 aliphatic heterocycles. The molecule has 0 atom stereocenters. The van der Waals surface area contributed by atoms with E-state index in [9.17, 15) is 0 Å². The molecule has 0 nitrogen and oxygen atoms in total. The molecule has 4 heteroatoms. The van der Waals surface area contributed by atoms with Crippen LogP contribution in [0.1, 0.15) is 0 Å². The number of thiophene rings is 2. The SMILES string of the molecule is CSc1sc(-c2sc(SC)c3ccccc23)c2ccccc12. The topological polar surface area (TPSA) is 0 Å². The van der Waals surface area contributed by atoms with Gasteiger partial charge in [0, 0.05) is 21.5 Å². The molecule has 0 N–H and O–H groups in total. The second-order valence-electron chi connectivity index (χ2n) is 4.94. The highest BCUT2D eigenvalue weighted by atomic mass is 32.2. The number of rotatable bonds is 3. The lowest BCUT2D eigenvalue weighted by Crippen LogP contribution is -1.70. The van der Waals surface area contributed by atoms with Crippen LogP contribution in [-0.2, 0) is 0 Å². The first-order chi connectivity index (χ1) is 10.8. The van der Waals surface area contributed by atoms with Gasteiger partial charge in [-0.15, -0.1) is 46.2 Å². The molecule has 4 rings (SSSR count). The maximum absolute atomic E-state index is 2.26. The van der Waals surface area contributed by atoms with Gasteiger partial charge in [0.25, 0.3) is 0 Å². The molecule has 2 aromatic carbocycles. The Labute approximate surface area is 146 Å². The van der Waals surface area contributed by atoms with Crippen molar-refractivity contribution in [3.8, 4) is 9.75 Å². The molecular formula is C18H14S4. The summed E-state index contributed by atoms with van der Waals surface area (Å²) in [7, 11) is 0.